The molecule has 0 radical (unpaired) electrons. The van der Waals surface area contributed by atoms with Gasteiger partial charge in [0.05, 0.1) is 31.4 Å². The van der Waals surface area contributed by atoms with Gasteiger partial charge in [0.2, 0.25) is 0 Å². The molecule has 8 heteroatoms. The number of benzene rings is 2. The number of amides is 2. The van der Waals surface area contributed by atoms with Crippen molar-refractivity contribution in [2.45, 2.75) is 0 Å². The Morgan fingerprint density at radius 1 is 0.933 bits per heavy atom. The molecule has 2 aromatic carbocycles. The second-order valence-electron chi connectivity index (χ2n) is 6.66. The first kappa shape index (κ1) is 21.0. The number of methoxy groups -OCH3 is 2. The fourth-order valence-corrected chi connectivity index (χ4v) is 3.17. The third-order valence-corrected chi connectivity index (χ3v) is 4.90. The highest BCUT2D eigenvalue weighted by molar-refractivity contribution is 5.97. The van der Waals surface area contributed by atoms with Gasteiger partial charge in [-0.1, -0.05) is 0 Å². The molecule has 0 aliphatic carbocycles. The van der Waals surface area contributed by atoms with E-state index in [1.807, 2.05) is 6.07 Å². The summed E-state index contributed by atoms with van der Waals surface area (Å²) in [4.78, 5) is 28.7. The average Bonchev–Trinajstić information content (AvgIpc) is 2.82. The first-order valence-electron chi connectivity index (χ1n) is 9.47. The van der Waals surface area contributed by atoms with E-state index in [4.69, 9.17) is 19.5 Å². The molecular weight excluding hydrogens is 386 g/mol. The van der Waals surface area contributed by atoms with Crippen LogP contribution in [0.3, 0.4) is 0 Å². The molecule has 2 aromatic rings. The zero-order valence-electron chi connectivity index (χ0n) is 17.0. The Balaban J connectivity index is 1.53. The zero-order valence-corrected chi connectivity index (χ0v) is 17.0. The lowest BCUT2D eigenvalue weighted by Gasteiger charge is -2.35. The second kappa shape index (κ2) is 9.65. The first-order chi connectivity index (χ1) is 14.5. The lowest BCUT2D eigenvalue weighted by molar-refractivity contribution is -0.134. The summed E-state index contributed by atoms with van der Waals surface area (Å²) in [5, 5.41) is 8.81. The van der Waals surface area contributed by atoms with E-state index < -0.39 is 0 Å². The van der Waals surface area contributed by atoms with Crippen molar-refractivity contribution >= 4 is 11.8 Å². The van der Waals surface area contributed by atoms with Gasteiger partial charge in [0.1, 0.15) is 17.2 Å². The van der Waals surface area contributed by atoms with Gasteiger partial charge in [0, 0.05) is 32.2 Å². The van der Waals surface area contributed by atoms with Crippen molar-refractivity contribution in [3.8, 4) is 23.3 Å². The van der Waals surface area contributed by atoms with Crippen molar-refractivity contribution in [2.24, 2.45) is 0 Å². The molecular formula is C22H23N3O5. The van der Waals surface area contributed by atoms with Crippen LogP contribution in [0, 0.1) is 11.3 Å². The Hall–Kier alpha value is -3.73. The number of rotatable bonds is 6. The first-order valence-corrected chi connectivity index (χ1v) is 9.47. The molecule has 0 unspecified atom stereocenters. The molecule has 1 fully saturated rings. The molecule has 2 amide bonds. The topological polar surface area (TPSA) is 92.1 Å². The largest absolute Gasteiger partial charge is 0.497 e. The van der Waals surface area contributed by atoms with E-state index in [9.17, 15) is 9.59 Å². The highest BCUT2D eigenvalue weighted by atomic mass is 16.5. The Morgan fingerprint density at radius 3 is 2.17 bits per heavy atom. The number of carbonyl (C=O) groups is 2. The van der Waals surface area contributed by atoms with Crippen LogP contribution in [0.25, 0.3) is 0 Å². The van der Waals surface area contributed by atoms with Crippen LogP contribution in [-0.2, 0) is 4.79 Å². The van der Waals surface area contributed by atoms with Gasteiger partial charge in [-0.05, 0) is 36.4 Å². The van der Waals surface area contributed by atoms with Crippen LogP contribution in [0.2, 0.25) is 0 Å². The lowest BCUT2D eigenvalue weighted by Crippen LogP contribution is -2.51. The van der Waals surface area contributed by atoms with E-state index in [1.165, 1.54) is 7.11 Å². The molecule has 1 heterocycles. The molecule has 0 spiro atoms. The van der Waals surface area contributed by atoms with E-state index in [2.05, 4.69) is 0 Å². The lowest BCUT2D eigenvalue weighted by atomic mass is 10.1. The summed E-state index contributed by atoms with van der Waals surface area (Å²) < 4.78 is 16.0. The maximum absolute atomic E-state index is 12.9. The number of hydrogen-bond acceptors (Lipinski definition) is 6. The van der Waals surface area contributed by atoms with E-state index in [0.29, 0.717) is 54.6 Å². The number of carbonyl (C=O) groups excluding carboxylic acids is 2. The molecule has 3 rings (SSSR count). The van der Waals surface area contributed by atoms with Crippen LogP contribution >= 0.6 is 0 Å². The number of nitrogens with zero attached hydrogens (tertiary/aromatic N) is 3. The third kappa shape index (κ3) is 4.81. The fourth-order valence-electron chi connectivity index (χ4n) is 3.17. The van der Waals surface area contributed by atoms with Crippen LogP contribution in [0.5, 0.6) is 17.2 Å². The van der Waals surface area contributed by atoms with Crippen LogP contribution < -0.4 is 14.2 Å². The Morgan fingerprint density at radius 2 is 1.57 bits per heavy atom. The minimum Gasteiger partial charge on any atom is -0.497 e. The summed E-state index contributed by atoms with van der Waals surface area (Å²) in [6.07, 6.45) is 0. The molecule has 8 nitrogen and oxygen atoms in total. The van der Waals surface area contributed by atoms with Crippen LogP contribution in [0.15, 0.2) is 42.5 Å². The SMILES string of the molecule is COc1ccc(C(=O)N2CCN(C(=O)COc3ccc(C#N)cc3)CC2)c(OC)c1. The van der Waals surface area contributed by atoms with Crippen LogP contribution in [0.4, 0.5) is 0 Å². The number of piperazine rings is 1. The zero-order chi connectivity index (χ0) is 21.5. The standard InChI is InChI=1S/C22H23N3O5/c1-28-18-7-8-19(20(13-18)29-2)22(27)25-11-9-24(10-12-25)21(26)15-30-17-5-3-16(14-23)4-6-17/h3-8,13H,9-12,15H2,1-2H3. The van der Waals surface area contributed by atoms with Gasteiger partial charge < -0.3 is 24.0 Å². The Labute approximate surface area is 175 Å². The van der Waals surface area contributed by atoms with Crippen molar-refractivity contribution in [2.75, 3.05) is 47.0 Å². The maximum atomic E-state index is 12.9. The van der Waals surface area contributed by atoms with E-state index in [1.54, 1.807) is 59.4 Å². The summed E-state index contributed by atoms with van der Waals surface area (Å²) in [7, 11) is 3.06. The smallest absolute Gasteiger partial charge is 0.260 e. The van der Waals surface area contributed by atoms with Crippen molar-refractivity contribution in [1.29, 1.82) is 5.26 Å². The van der Waals surface area contributed by atoms with Gasteiger partial charge in [-0.15, -0.1) is 0 Å². The summed E-state index contributed by atoms with van der Waals surface area (Å²) in [5.74, 6) is 1.31. The molecule has 0 saturated carbocycles. The predicted molar refractivity (Wildman–Crippen MR) is 109 cm³/mol. The normalized spacial score (nSPS) is 13.4. The number of hydrogen-bond donors (Lipinski definition) is 0. The monoisotopic (exact) mass is 409 g/mol. The molecule has 30 heavy (non-hydrogen) atoms. The molecule has 0 aromatic heterocycles. The average molecular weight is 409 g/mol. The van der Waals surface area contributed by atoms with Gasteiger partial charge >= 0.3 is 0 Å². The summed E-state index contributed by atoms with van der Waals surface area (Å²) >= 11 is 0. The third-order valence-electron chi connectivity index (χ3n) is 4.90. The quantitative estimate of drug-likeness (QED) is 0.724. The van der Waals surface area contributed by atoms with Crippen molar-refractivity contribution in [1.82, 2.24) is 9.80 Å². The fraction of sp³-hybridized carbons (Fsp3) is 0.318. The molecule has 1 aliphatic heterocycles. The predicted octanol–water partition coefficient (Wildman–Crippen LogP) is 1.94. The molecule has 0 bridgehead atoms. The van der Waals surface area contributed by atoms with Crippen LogP contribution in [0.1, 0.15) is 15.9 Å². The van der Waals surface area contributed by atoms with Crippen LogP contribution in [-0.4, -0.2) is 68.6 Å². The number of nitriles is 1. The van der Waals surface area contributed by atoms with Crippen molar-refractivity contribution in [3.05, 3.63) is 53.6 Å². The van der Waals surface area contributed by atoms with Crippen molar-refractivity contribution in [3.63, 3.8) is 0 Å². The minimum absolute atomic E-state index is 0.0911. The molecule has 156 valence electrons. The molecule has 0 N–H and O–H groups in total. The summed E-state index contributed by atoms with van der Waals surface area (Å²) in [6, 6.07) is 13.7. The Kier molecular flexibility index (Phi) is 6.75. The Bertz CT molecular complexity index is 944. The summed E-state index contributed by atoms with van der Waals surface area (Å²) in [5.41, 5.74) is 0.991. The van der Waals surface area contributed by atoms with Crippen molar-refractivity contribution < 1.29 is 23.8 Å². The van der Waals surface area contributed by atoms with Gasteiger partial charge in [-0.25, -0.2) is 0 Å². The molecule has 0 atom stereocenters. The molecule has 1 saturated heterocycles. The minimum atomic E-state index is -0.145. The highest BCUT2D eigenvalue weighted by Gasteiger charge is 2.26. The van der Waals surface area contributed by atoms with Gasteiger partial charge in [-0.3, -0.25) is 9.59 Å². The van der Waals surface area contributed by atoms with E-state index in [0.717, 1.165) is 0 Å². The summed E-state index contributed by atoms with van der Waals surface area (Å²) in [6.45, 7) is 1.62. The van der Waals surface area contributed by atoms with Gasteiger partial charge in [-0.2, -0.15) is 5.26 Å². The van der Waals surface area contributed by atoms with Gasteiger partial charge in [0.25, 0.3) is 11.8 Å². The number of ether oxygens (including phenoxy) is 3. The molecule has 1 aliphatic rings. The highest BCUT2D eigenvalue weighted by Crippen LogP contribution is 2.26. The van der Waals surface area contributed by atoms with E-state index >= 15 is 0 Å². The van der Waals surface area contributed by atoms with Gasteiger partial charge in [0.15, 0.2) is 6.61 Å². The maximum Gasteiger partial charge on any atom is 0.260 e. The van der Waals surface area contributed by atoms with E-state index in [-0.39, 0.29) is 18.4 Å². The second-order valence-corrected chi connectivity index (χ2v) is 6.66.